The first kappa shape index (κ1) is 25.6. The van der Waals surface area contributed by atoms with E-state index in [-0.39, 0.29) is 30.2 Å². The Hall–Kier alpha value is -3.04. The van der Waals surface area contributed by atoms with Crippen LogP contribution < -0.4 is 11.1 Å². The molecule has 34 heavy (non-hydrogen) atoms. The molecular formula is C24H29F2N5O3. The summed E-state index contributed by atoms with van der Waals surface area (Å²) in [6.07, 6.45) is 1.83. The SMILES string of the molecule is [N-]=[N+]=N[C@H](C(=O)Nc1cccc(F)c1CCC(N)CO)[C@@H](c1ccc(F)cc1)C1CCOCC1. The molecule has 1 saturated heterocycles. The van der Waals surface area contributed by atoms with Crippen molar-refractivity contribution in [2.24, 2.45) is 16.8 Å². The minimum Gasteiger partial charge on any atom is -0.395 e. The number of rotatable bonds is 10. The number of halogens is 2. The molecule has 1 amide bonds. The van der Waals surface area contributed by atoms with Crippen molar-refractivity contribution in [2.45, 2.75) is 43.7 Å². The normalized spacial score (nSPS) is 16.8. The second-order valence-corrected chi connectivity index (χ2v) is 8.41. The monoisotopic (exact) mass is 473 g/mol. The van der Waals surface area contributed by atoms with E-state index in [1.807, 2.05) is 0 Å². The summed E-state index contributed by atoms with van der Waals surface area (Å²) in [7, 11) is 0. The summed E-state index contributed by atoms with van der Waals surface area (Å²) >= 11 is 0. The molecule has 3 rings (SSSR count). The summed E-state index contributed by atoms with van der Waals surface area (Å²) in [6.45, 7) is 0.776. The van der Waals surface area contributed by atoms with Gasteiger partial charge in [-0.1, -0.05) is 23.3 Å². The predicted octanol–water partition coefficient (Wildman–Crippen LogP) is 4.04. The first-order chi connectivity index (χ1) is 16.4. The van der Waals surface area contributed by atoms with E-state index in [4.69, 9.17) is 10.5 Å². The van der Waals surface area contributed by atoms with Crippen LogP contribution in [0, 0.1) is 17.6 Å². The summed E-state index contributed by atoms with van der Waals surface area (Å²) in [6, 6.07) is 8.45. The maximum atomic E-state index is 14.6. The number of carbonyl (C=O) groups is 1. The van der Waals surface area contributed by atoms with Crippen molar-refractivity contribution >= 4 is 11.6 Å². The lowest BCUT2D eigenvalue weighted by molar-refractivity contribution is -0.118. The molecule has 0 bridgehead atoms. The molecule has 4 N–H and O–H groups in total. The van der Waals surface area contributed by atoms with Crippen molar-refractivity contribution in [3.05, 3.63) is 75.7 Å². The van der Waals surface area contributed by atoms with Gasteiger partial charge in [-0.05, 0) is 67.0 Å². The highest BCUT2D eigenvalue weighted by molar-refractivity contribution is 5.96. The van der Waals surface area contributed by atoms with E-state index in [1.165, 1.54) is 24.3 Å². The zero-order chi connectivity index (χ0) is 24.5. The number of hydrogen-bond donors (Lipinski definition) is 3. The van der Waals surface area contributed by atoms with E-state index in [0.29, 0.717) is 38.0 Å². The van der Waals surface area contributed by atoms with Crippen LogP contribution in [0.3, 0.4) is 0 Å². The lowest BCUT2D eigenvalue weighted by Crippen LogP contribution is -2.37. The number of amides is 1. The van der Waals surface area contributed by atoms with Gasteiger partial charge in [-0.15, -0.1) is 0 Å². The van der Waals surface area contributed by atoms with Gasteiger partial charge in [-0.25, -0.2) is 8.78 Å². The van der Waals surface area contributed by atoms with Gasteiger partial charge in [0, 0.05) is 41.3 Å². The van der Waals surface area contributed by atoms with Gasteiger partial charge in [0.15, 0.2) is 0 Å². The van der Waals surface area contributed by atoms with Crippen molar-refractivity contribution in [2.75, 3.05) is 25.1 Å². The number of nitrogens with one attached hydrogen (secondary N) is 1. The lowest BCUT2D eigenvalue weighted by Gasteiger charge is -2.34. The Morgan fingerprint density at radius 1 is 1.24 bits per heavy atom. The number of aliphatic hydroxyl groups is 1. The summed E-state index contributed by atoms with van der Waals surface area (Å²) in [5, 5.41) is 15.7. The Balaban J connectivity index is 1.92. The Morgan fingerprint density at radius 2 is 1.94 bits per heavy atom. The molecule has 1 aliphatic heterocycles. The van der Waals surface area contributed by atoms with Crippen LogP contribution in [0.15, 0.2) is 47.6 Å². The van der Waals surface area contributed by atoms with Crippen molar-refractivity contribution in [3.63, 3.8) is 0 Å². The van der Waals surface area contributed by atoms with Gasteiger partial charge in [0.1, 0.15) is 17.7 Å². The zero-order valence-electron chi connectivity index (χ0n) is 18.7. The van der Waals surface area contributed by atoms with Crippen LogP contribution >= 0.6 is 0 Å². The minimum absolute atomic E-state index is 0.0324. The van der Waals surface area contributed by atoms with Crippen molar-refractivity contribution in [1.82, 2.24) is 0 Å². The van der Waals surface area contributed by atoms with Crippen LogP contribution in [-0.2, 0) is 16.0 Å². The molecule has 2 aromatic rings. The van der Waals surface area contributed by atoms with E-state index in [2.05, 4.69) is 15.3 Å². The average Bonchev–Trinajstić information content (AvgIpc) is 2.85. The number of ether oxygens (including phenoxy) is 1. The number of hydrogen-bond acceptors (Lipinski definition) is 5. The third kappa shape index (κ3) is 6.51. The van der Waals surface area contributed by atoms with E-state index in [1.54, 1.807) is 18.2 Å². The maximum Gasteiger partial charge on any atom is 0.234 e. The molecule has 3 atom stereocenters. The van der Waals surface area contributed by atoms with E-state index in [0.717, 1.165) is 0 Å². The Labute approximate surface area is 196 Å². The highest BCUT2D eigenvalue weighted by Crippen LogP contribution is 2.37. The highest BCUT2D eigenvalue weighted by Gasteiger charge is 2.36. The molecular weight excluding hydrogens is 444 g/mol. The van der Waals surface area contributed by atoms with Crippen LogP contribution in [0.1, 0.15) is 36.3 Å². The predicted molar refractivity (Wildman–Crippen MR) is 124 cm³/mol. The van der Waals surface area contributed by atoms with Crippen molar-refractivity contribution < 1.29 is 23.4 Å². The molecule has 0 aromatic heterocycles. The molecule has 0 spiro atoms. The van der Waals surface area contributed by atoms with Crippen LogP contribution in [0.4, 0.5) is 14.5 Å². The third-order valence-corrected chi connectivity index (χ3v) is 6.19. The smallest absolute Gasteiger partial charge is 0.234 e. The van der Waals surface area contributed by atoms with Gasteiger partial charge < -0.3 is 20.9 Å². The fraction of sp³-hybridized carbons (Fsp3) is 0.458. The topological polar surface area (TPSA) is 133 Å². The fourth-order valence-electron chi connectivity index (χ4n) is 4.37. The lowest BCUT2D eigenvalue weighted by atomic mass is 9.76. The number of anilines is 1. The van der Waals surface area contributed by atoms with E-state index < -0.39 is 35.5 Å². The van der Waals surface area contributed by atoms with Crippen LogP contribution in [0.25, 0.3) is 10.4 Å². The summed E-state index contributed by atoms with van der Waals surface area (Å²) in [4.78, 5) is 16.3. The molecule has 0 radical (unpaired) electrons. The Kier molecular flexibility index (Phi) is 9.35. The molecule has 8 nitrogen and oxygen atoms in total. The highest BCUT2D eigenvalue weighted by atomic mass is 19.1. The second-order valence-electron chi connectivity index (χ2n) is 8.41. The third-order valence-electron chi connectivity index (χ3n) is 6.19. The summed E-state index contributed by atoms with van der Waals surface area (Å²) < 4.78 is 33.6. The van der Waals surface area contributed by atoms with Gasteiger partial charge in [-0.2, -0.15) is 0 Å². The van der Waals surface area contributed by atoms with Gasteiger partial charge >= 0.3 is 0 Å². The number of benzene rings is 2. The standard InChI is InChI=1S/C24H29F2N5O3/c25-17-6-4-15(5-7-17)22(16-10-12-34-13-11-16)23(30-31-28)24(33)29-21-3-1-2-20(26)19(21)9-8-18(27)14-32/h1-7,16,18,22-23,32H,8-14,27H2,(H,29,33)/t18?,22-,23-/m0/s1. The minimum atomic E-state index is -1.14. The molecule has 1 unspecified atom stereocenters. The molecule has 1 fully saturated rings. The molecule has 0 saturated carbocycles. The Bertz CT molecular complexity index is 1010. The molecule has 182 valence electrons. The number of nitrogens with zero attached hydrogens (tertiary/aromatic N) is 3. The number of carbonyl (C=O) groups excluding carboxylic acids is 1. The maximum absolute atomic E-state index is 14.6. The first-order valence-corrected chi connectivity index (χ1v) is 11.3. The summed E-state index contributed by atoms with van der Waals surface area (Å²) in [5.41, 5.74) is 16.2. The van der Waals surface area contributed by atoms with Crippen molar-refractivity contribution in [1.29, 1.82) is 0 Å². The number of nitrogens with two attached hydrogens (primary N) is 1. The largest absolute Gasteiger partial charge is 0.395 e. The molecule has 10 heteroatoms. The fourth-order valence-corrected chi connectivity index (χ4v) is 4.37. The quantitative estimate of drug-likeness (QED) is 0.273. The van der Waals surface area contributed by atoms with E-state index in [9.17, 15) is 24.2 Å². The molecule has 1 heterocycles. The van der Waals surface area contributed by atoms with E-state index >= 15 is 0 Å². The summed E-state index contributed by atoms with van der Waals surface area (Å²) in [5.74, 6) is -2.06. The van der Waals surface area contributed by atoms with Gasteiger partial charge in [0.25, 0.3) is 0 Å². The Morgan fingerprint density at radius 3 is 2.59 bits per heavy atom. The van der Waals surface area contributed by atoms with Gasteiger partial charge in [0.05, 0.1) is 6.61 Å². The van der Waals surface area contributed by atoms with Crippen LogP contribution in [-0.4, -0.2) is 42.9 Å². The molecule has 2 aromatic carbocycles. The van der Waals surface area contributed by atoms with Gasteiger partial charge in [0.2, 0.25) is 5.91 Å². The van der Waals surface area contributed by atoms with Crippen LogP contribution in [0.2, 0.25) is 0 Å². The second kappa shape index (κ2) is 12.4. The molecule has 1 aliphatic rings. The first-order valence-electron chi connectivity index (χ1n) is 11.3. The zero-order valence-corrected chi connectivity index (χ0v) is 18.7. The number of aliphatic hydroxyl groups excluding tert-OH is 1. The number of azide groups is 1. The van der Waals surface area contributed by atoms with Gasteiger partial charge in [-0.3, -0.25) is 4.79 Å². The van der Waals surface area contributed by atoms with Crippen molar-refractivity contribution in [3.8, 4) is 0 Å². The average molecular weight is 474 g/mol. The molecule has 0 aliphatic carbocycles. The van der Waals surface area contributed by atoms with Crippen LogP contribution in [0.5, 0.6) is 0 Å².